The zero-order chi connectivity index (χ0) is 22.0. The van der Waals surface area contributed by atoms with Crippen LogP contribution in [0.4, 0.5) is 0 Å². The van der Waals surface area contributed by atoms with Crippen LogP contribution >= 0.6 is 0 Å². The Bertz CT molecular complexity index is 1170. The lowest BCUT2D eigenvalue weighted by molar-refractivity contribution is -0.151. The molecule has 0 saturated carbocycles. The van der Waals surface area contributed by atoms with Gasteiger partial charge in [-0.25, -0.2) is 0 Å². The first kappa shape index (κ1) is 20.7. The van der Waals surface area contributed by atoms with Crippen LogP contribution in [0.2, 0.25) is 0 Å². The van der Waals surface area contributed by atoms with Gasteiger partial charge in [0.05, 0.1) is 19.3 Å². The van der Waals surface area contributed by atoms with Crippen molar-refractivity contribution in [2.45, 2.75) is 19.3 Å². The van der Waals surface area contributed by atoms with Gasteiger partial charge in [-0.1, -0.05) is 48.5 Å². The van der Waals surface area contributed by atoms with E-state index in [1.54, 1.807) is 25.1 Å². The van der Waals surface area contributed by atoms with E-state index in [4.69, 9.17) is 9.47 Å². The standard InChI is InChI=1S/C26H24O5/c1-3-31-26(29)25-20(19-11-6-9-16-8-4-5-10-18(16)19)14-17(15-22(25)28)24-21(27)12-7-13-23(24)30-2/h4-13,15,20,25,27H,3,14H2,1-2H3. The van der Waals surface area contributed by atoms with Crippen molar-refractivity contribution in [1.82, 2.24) is 0 Å². The maximum absolute atomic E-state index is 13.2. The SMILES string of the molecule is CCOC(=O)C1C(=O)C=C(c2c(O)cccc2OC)CC1c1cccc2ccccc12. The summed E-state index contributed by atoms with van der Waals surface area (Å²) in [6, 6.07) is 18.8. The Morgan fingerprint density at radius 1 is 1.06 bits per heavy atom. The molecule has 3 aromatic rings. The van der Waals surface area contributed by atoms with Crippen molar-refractivity contribution in [1.29, 1.82) is 0 Å². The van der Waals surface area contributed by atoms with E-state index in [1.165, 1.54) is 13.2 Å². The highest BCUT2D eigenvalue weighted by atomic mass is 16.5. The van der Waals surface area contributed by atoms with Gasteiger partial charge in [-0.15, -0.1) is 0 Å². The van der Waals surface area contributed by atoms with Crippen LogP contribution in [0, 0.1) is 5.92 Å². The van der Waals surface area contributed by atoms with E-state index >= 15 is 0 Å². The molecular formula is C26H24O5. The van der Waals surface area contributed by atoms with E-state index in [1.807, 2.05) is 42.5 Å². The number of carbonyl (C=O) groups is 2. The van der Waals surface area contributed by atoms with Crippen LogP contribution in [0.1, 0.15) is 30.4 Å². The first-order valence-electron chi connectivity index (χ1n) is 10.3. The van der Waals surface area contributed by atoms with Crippen LogP contribution in [0.15, 0.2) is 66.7 Å². The number of aromatic hydroxyl groups is 1. The quantitative estimate of drug-likeness (QED) is 0.474. The minimum Gasteiger partial charge on any atom is -0.507 e. The molecule has 1 N–H and O–H groups in total. The Morgan fingerprint density at radius 2 is 1.81 bits per heavy atom. The predicted octanol–water partition coefficient (Wildman–Crippen LogP) is 4.87. The molecular weight excluding hydrogens is 392 g/mol. The molecule has 0 heterocycles. The number of allylic oxidation sites excluding steroid dienone is 2. The van der Waals surface area contributed by atoms with Crippen LogP contribution in [-0.4, -0.2) is 30.6 Å². The Balaban J connectivity index is 1.89. The summed E-state index contributed by atoms with van der Waals surface area (Å²) in [7, 11) is 1.52. The molecule has 5 heteroatoms. The zero-order valence-electron chi connectivity index (χ0n) is 17.5. The maximum Gasteiger partial charge on any atom is 0.317 e. The molecule has 0 amide bonds. The normalized spacial score (nSPS) is 18.5. The third kappa shape index (κ3) is 3.79. The molecule has 31 heavy (non-hydrogen) atoms. The molecule has 1 aliphatic carbocycles. The lowest BCUT2D eigenvalue weighted by Crippen LogP contribution is -2.34. The first-order valence-corrected chi connectivity index (χ1v) is 10.3. The fourth-order valence-corrected chi connectivity index (χ4v) is 4.44. The summed E-state index contributed by atoms with van der Waals surface area (Å²) in [6.45, 7) is 1.93. The number of rotatable bonds is 5. The Morgan fingerprint density at radius 3 is 2.58 bits per heavy atom. The fraction of sp³-hybridized carbons (Fsp3) is 0.231. The summed E-state index contributed by atoms with van der Waals surface area (Å²) in [5.41, 5.74) is 2.02. The minimum absolute atomic E-state index is 0.0321. The number of fused-ring (bicyclic) bond motifs is 1. The van der Waals surface area contributed by atoms with Crippen LogP contribution in [0.25, 0.3) is 16.3 Å². The number of methoxy groups -OCH3 is 1. The fourth-order valence-electron chi connectivity index (χ4n) is 4.44. The van der Waals surface area contributed by atoms with E-state index in [2.05, 4.69) is 0 Å². The van der Waals surface area contributed by atoms with E-state index < -0.39 is 17.8 Å². The van der Waals surface area contributed by atoms with Crippen LogP contribution < -0.4 is 4.74 Å². The lowest BCUT2D eigenvalue weighted by Gasteiger charge is -2.30. The molecule has 0 bridgehead atoms. The molecule has 0 spiro atoms. The van der Waals surface area contributed by atoms with Gasteiger partial charge >= 0.3 is 5.97 Å². The second-order valence-electron chi connectivity index (χ2n) is 7.54. The number of carbonyl (C=O) groups excluding carboxylic acids is 2. The van der Waals surface area contributed by atoms with Gasteiger partial charge in [-0.3, -0.25) is 9.59 Å². The van der Waals surface area contributed by atoms with Gasteiger partial charge in [0.25, 0.3) is 0 Å². The van der Waals surface area contributed by atoms with Gasteiger partial charge < -0.3 is 14.6 Å². The molecule has 3 aromatic carbocycles. The topological polar surface area (TPSA) is 72.8 Å². The summed E-state index contributed by atoms with van der Waals surface area (Å²) in [4.78, 5) is 26.0. The number of hydrogen-bond acceptors (Lipinski definition) is 5. The van der Waals surface area contributed by atoms with Gasteiger partial charge in [0, 0.05) is 5.92 Å². The monoisotopic (exact) mass is 416 g/mol. The largest absolute Gasteiger partial charge is 0.507 e. The van der Waals surface area contributed by atoms with Gasteiger partial charge in [0.1, 0.15) is 17.4 Å². The Hall–Kier alpha value is -3.60. The van der Waals surface area contributed by atoms with Crippen molar-refractivity contribution in [2.75, 3.05) is 13.7 Å². The molecule has 0 radical (unpaired) electrons. The van der Waals surface area contributed by atoms with Crippen LogP contribution in [0.3, 0.4) is 0 Å². The second kappa shape index (κ2) is 8.64. The Labute approximate surface area is 180 Å². The van der Waals surface area contributed by atoms with Crippen molar-refractivity contribution in [3.63, 3.8) is 0 Å². The molecule has 158 valence electrons. The molecule has 0 saturated heterocycles. The molecule has 5 nitrogen and oxygen atoms in total. The molecule has 1 aliphatic rings. The highest BCUT2D eigenvalue weighted by Crippen LogP contribution is 2.46. The van der Waals surface area contributed by atoms with Gasteiger partial charge in [0.2, 0.25) is 0 Å². The number of phenols is 1. The number of ketones is 1. The van der Waals surface area contributed by atoms with Crippen molar-refractivity contribution in [2.24, 2.45) is 5.92 Å². The zero-order valence-corrected chi connectivity index (χ0v) is 17.5. The Kier molecular flexibility index (Phi) is 5.76. The molecule has 0 aliphatic heterocycles. The van der Waals surface area contributed by atoms with Gasteiger partial charge in [-0.2, -0.15) is 0 Å². The number of esters is 1. The first-order chi connectivity index (χ1) is 15.0. The second-order valence-corrected chi connectivity index (χ2v) is 7.54. The molecule has 2 unspecified atom stereocenters. The third-order valence-electron chi connectivity index (χ3n) is 5.77. The summed E-state index contributed by atoms with van der Waals surface area (Å²) >= 11 is 0. The molecule has 4 rings (SSSR count). The van der Waals surface area contributed by atoms with Crippen molar-refractivity contribution >= 4 is 28.1 Å². The van der Waals surface area contributed by atoms with Crippen LogP contribution in [-0.2, 0) is 14.3 Å². The van der Waals surface area contributed by atoms with Crippen molar-refractivity contribution in [3.05, 3.63) is 77.9 Å². The van der Waals surface area contributed by atoms with E-state index in [0.29, 0.717) is 23.3 Å². The van der Waals surface area contributed by atoms with E-state index in [0.717, 1.165) is 16.3 Å². The highest BCUT2D eigenvalue weighted by molar-refractivity contribution is 6.11. The smallest absolute Gasteiger partial charge is 0.317 e. The number of benzene rings is 3. The number of hydrogen-bond donors (Lipinski definition) is 1. The maximum atomic E-state index is 13.2. The van der Waals surface area contributed by atoms with Crippen molar-refractivity contribution in [3.8, 4) is 11.5 Å². The number of ether oxygens (including phenoxy) is 2. The summed E-state index contributed by atoms with van der Waals surface area (Å²) < 4.78 is 10.7. The molecule has 2 atom stereocenters. The number of phenolic OH excluding ortho intramolecular Hbond substituents is 1. The van der Waals surface area contributed by atoms with Gasteiger partial charge in [0.15, 0.2) is 5.78 Å². The van der Waals surface area contributed by atoms with Crippen molar-refractivity contribution < 1.29 is 24.2 Å². The molecule has 0 aromatic heterocycles. The molecule has 0 fully saturated rings. The summed E-state index contributed by atoms with van der Waals surface area (Å²) in [5, 5.41) is 12.5. The van der Waals surface area contributed by atoms with Crippen LogP contribution in [0.5, 0.6) is 11.5 Å². The third-order valence-corrected chi connectivity index (χ3v) is 5.77. The highest BCUT2D eigenvalue weighted by Gasteiger charge is 2.41. The average Bonchev–Trinajstić information content (AvgIpc) is 2.78. The van der Waals surface area contributed by atoms with Gasteiger partial charge in [-0.05, 0) is 53.5 Å². The van der Waals surface area contributed by atoms with E-state index in [-0.39, 0.29) is 18.1 Å². The van der Waals surface area contributed by atoms with E-state index in [9.17, 15) is 14.7 Å². The predicted molar refractivity (Wildman–Crippen MR) is 119 cm³/mol. The minimum atomic E-state index is -0.939. The average molecular weight is 416 g/mol. The summed E-state index contributed by atoms with van der Waals surface area (Å²) in [5.74, 6) is -1.71. The summed E-state index contributed by atoms with van der Waals surface area (Å²) in [6.07, 6.45) is 1.83. The lowest BCUT2D eigenvalue weighted by atomic mass is 9.72.